The molecule has 88 valence electrons. The summed E-state index contributed by atoms with van der Waals surface area (Å²) >= 11 is 1.21. The van der Waals surface area contributed by atoms with E-state index in [1.807, 2.05) is 0 Å². The van der Waals surface area contributed by atoms with Crippen molar-refractivity contribution in [3.8, 4) is 0 Å². The third-order valence-corrected chi connectivity index (χ3v) is 2.75. The van der Waals surface area contributed by atoms with Gasteiger partial charge in [-0.05, 0) is 20.8 Å². The van der Waals surface area contributed by atoms with Crippen molar-refractivity contribution in [1.29, 1.82) is 0 Å². The van der Waals surface area contributed by atoms with Gasteiger partial charge in [0.25, 0.3) is 5.91 Å². The van der Waals surface area contributed by atoms with Crippen LogP contribution in [0.25, 0.3) is 0 Å². The Bertz CT molecular complexity index is 381. The zero-order valence-corrected chi connectivity index (χ0v) is 10.2. The molecule has 0 radical (unpaired) electrons. The summed E-state index contributed by atoms with van der Waals surface area (Å²) in [6.45, 7) is 5.10. The molecule has 6 heteroatoms. The minimum Gasteiger partial charge on any atom is -0.480 e. The lowest BCUT2D eigenvalue weighted by Gasteiger charge is -2.33. The number of hydrogen-bond acceptors (Lipinski definition) is 4. The first-order valence-electron chi connectivity index (χ1n) is 4.74. The molecule has 0 unspecified atom stereocenters. The maximum atomic E-state index is 12.0. The van der Waals surface area contributed by atoms with Crippen LogP contribution in [0.2, 0.25) is 0 Å². The lowest BCUT2D eigenvalue weighted by Crippen LogP contribution is -2.48. The van der Waals surface area contributed by atoms with Crippen LogP contribution < -0.4 is 0 Å². The Labute approximate surface area is 97.7 Å². The summed E-state index contributed by atoms with van der Waals surface area (Å²) in [4.78, 5) is 28.3. The number of carboxylic acids is 1. The summed E-state index contributed by atoms with van der Waals surface area (Å²) in [5.74, 6) is -1.31. The van der Waals surface area contributed by atoms with Crippen LogP contribution in [-0.4, -0.2) is 39.0 Å². The predicted molar refractivity (Wildman–Crippen MR) is 60.5 cm³/mol. The van der Waals surface area contributed by atoms with E-state index in [0.29, 0.717) is 4.88 Å². The molecule has 0 aliphatic carbocycles. The molecule has 5 nitrogen and oxygen atoms in total. The first-order chi connectivity index (χ1) is 7.32. The van der Waals surface area contributed by atoms with E-state index in [-0.39, 0.29) is 12.5 Å². The number of nitrogens with zero attached hydrogens (tertiary/aromatic N) is 2. The van der Waals surface area contributed by atoms with E-state index in [1.54, 1.807) is 26.3 Å². The topological polar surface area (TPSA) is 70.5 Å². The van der Waals surface area contributed by atoms with Gasteiger partial charge in [0.15, 0.2) is 0 Å². The van der Waals surface area contributed by atoms with E-state index >= 15 is 0 Å². The van der Waals surface area contributed by atoms with E-state index in [9.17, 15) is 9.59 Å². The molecule has 1 rings (SSSR count). The van der Waals surface area contributed by atoms with Crippen LogP contribution in [0.15, 0.2) is 11.7 Å². The Morgan fingerprint density at radius 1 is 1.50 bits per heavy atom. The molecule has 16 heavy (non-hydrogen) atoms. The lowest BCUT2D eigenvalue weighted by molar-refractivity contribution is -0.138. The summed E-state index contributed by atoms with van der Waals surface area (Å²) in [5, 5.41) is 8.79. The second-order valence-corrected chi connectivity index (χ2v) is 5.21. The molecule has 0 saturated heterocycles. The first kappa shape index (κ1) is 12.6. The number of rotatable bonds is 3. The van der Waals surface area contributed by atoms with Crippen molar-refractivity contribution in [2.45, 2.75) is 26.3 Å². The second kappa shape index (κ2) is 4.61. The zero-order chi connectivity index (χ0) is 12.3. The lowest BCUT2D eigenvalue weighted by atomic mass is 10.1. The molecule has 1 amide bonds. The number of aromatic nitrogens is 1. The van der Waals surface area contributed by atoms with Crippen LogP contribution in [-0.2, 0) is 4.79 Å². The molecule has 0 aromatic carbocycles. The van der Waals surface area contributed by atoms with Gasteiger partial charge in [0.1, 0.15) is 11.4 Å². The van der Waals surface area contributed by atoms with Gasteiger partial charge < -0.3 is 10.0 Å². The number of carbonyl (C=O) groups excluding carboxylic acids is 1. The minimum absolute atomic E-state index is 0.294. The Balaban J connectivity index is 2.94. The maximum Gasteiger partial charge on any atom is 0.323 e. The number of hydrogen-bond donors (Lipinski definition) is 1. The fraction of sp³-hybridized carbons (Fsp3) is 0.500. The van der Waals surface area contributed by atoms with Gasteiger partial charge in [-0.25, -0.2) is 0 Å². The third-order valence-electron chi connectivity index (χ3n) is 1.99. The third kappa shape index (κ3) is 3.03. The Hall–Kier alpha value is -1.43. The van der Waals surface area contributed by atoms with Crippen LogP contribution in [0.5, 0.6) is 0 Å². The van der Waals surface area contributed by atoms with Crippen LogP contribution in [0.4, 0.5) is 0 Å². The van der Waals surface area contributed by atoms with E-state index in [4.69, 9.17) is 5.11 Å². The van der Waals surface area contributed by atoms with Crippen molar-refractivity contribution in [3.05, 3.63) is 16.6 Å². The Kier molecular flexibility index (Phi) is 3.64. The first-order valence-corrected chi connectivity index (χ1v) is 5.62. The van der Waals surface area contributed by atoms with Crippen LogP contribution in [0, 0.1) is 0 Å². The number of thiazole rings is 1. The highest BCUT2D eigenvalue weighted by atomic mass is 32.1. The molecule has 0 aliphatic rings. The number of carboxylic acid groups (broad SMARTS) is 1. The molecular weight excluding hydrogens is 228 g/mol. The van der Waals surface area contributed by atoms with Gasteiger partial charge in [0.2, 0.25) is 0 Å². The van der Waals surface area contributed by atoms with Gasteiger partial charge in [-0.3, -0.25) is 14.6 Å². The number of amides is 1. The molecule has 0 fully saturated rings. The summed E-state index contributed by atoms with van der Waals surface area (Å²) in [7, 11) is 0. The average Bonchev–Trinajstić information content (AvgIpc) is 2.63. The van der Waals surface area contributed by atoms with Crippen LogP contribution in [0.3, 0.4) is 0 Å². The monoisotopic (exact) mass is 242 g/mol. The molecule has 0 spiro atoms. The van der Waals surface area contributed by atoms with Gasteiger partial charge in [-0.2, -0.15) is 0 Å². The van der Waals surface area contributed by atoms with Gasteiger partial charge in [-0.15, -0.1) is 11.3 Å². The number of carbonyl (C=O) groups is 2. The van der Waals surface area contributed by atoms with Crippen molar-refractivity contribution >= 4 is 23.2 Å². The molecule has 1 N–H and O–H groups in total. The van der Waals surface area contributed by atoms with Crippen molar-refractivity contribution in [2.24, 2.45) is 0 Å². The minimum atomic E-state index is -1.02. The van der Waals surface area contributed by atoms with Gasteiger partial charge in [0, 0.05) is 5.54 Å². The van der Waals surface area contributed by atoms with Crippen molar-refractivity contribution < 1.29 is 14.7 Å². The highest BCUT2D eigenvalue weighted by Crippen LogP contribution is 2.18. The largest absolute Gasteiger partial charge is 0.480 e. The average molecular weight is 242 g/mol. The molecular formula is C10H14N2O3S. The SMILES string of the molecule is CC(C)(C)N(CC(=O)O)C(=O)c1cncs1. The summed E-state index contributed by atoms with van der Waals surface area (Å²) in [6.07, 6.45) is 1.45. The summed E-state index contributed by atoms with van der Waals surface area (Å²) in [6, 6.07) is 0. The molecule has 0 atom stereocenters. The standard InChI is InChI=1S/C10H14N2O3S/c1-10(2,3)12(5-8(13)14)9(15)7-4-11-6-16-7/h4,6H,5H2,1-3H3,(H,13,14). The van der Waals surface area contributed by atoms with Gasteiger partial charge >= 0.3 is 5.97 Å². The van der Waals surface area contributed by atoms with Crippen molar-refractivity contribution in [1.82, 2.24) is 9.88 Å². The zero-order valence-electron chi connectivity index (χ0n) is 9.43. The summed E-state index contributed by atoms with van der Waals surface area (Å²) in [5.41, 5.74) is 1.02. The quantitative estimate of drug-likeness (QED) is 0.871. The van der Waals surface area contributed by atoms with Gasteiger partial charge in [-0.1, -0.05) is 0 Å². The van der Waals surface area contributed by atoms with E-state index in [0.717, 1.165) is 0 Å². The molecule has 1 aromatic rings. The normalized spacial score (nSPS) is 11.2. The molecule has 0 bridgehead atoms. The Morgan fingerprint density at radius 2 is 2.12 bits per heavy atom. The van der Waals surface area contributed by atoms with E-state index in [2.05, 4.69) is 4.98 Å². The van der Waals surface area contributed by atoms with Crippen molar-refractivity contribution in [2.75, 3.05) is 6.54 Å². The molecule has 0 aliphatic heterocycles. The predicted octanol–water partition coefficient (Wildman–Crippen LogP) is 1.47. The number of aliphatic carboxylic acids is 1. The smallest absolute Gasteiger partial charge is 0.323 e. The molecule has 0 saturated carbocycles. The maximum absolute atomic E-state index is 12.0. The Morgan fingerprint density at radius 3 is 2.50 bits per heavy atom. The van der Waals surface area contributed by atoms with E-state index in [1.165, 1.54) is 22.4 Å². The molecule has 1 heterocycles. The van der Waals surface area contributed by atoms with Crippen molar-refractivity contribution in [3.63, 3.8) is 0 Å². The van der Waals surface area contributed by atoms with Crippen LogP contribution >= 0.6 is 11.3 Å². The van der Waals surface area contributed by atoms with Gasteiger partial charge in [0.05, 0.1) is 11.7 Å². The fourth-order valence-corrected chi connectivity index (χ4v) is 1.77. The van der Waals surface area contributed by atoms with Crippen LogP contribution in [0.1, 0.15) is 30.4 Å². The highest BCUT2D eigenvalue weighted by molar-refractivity contribution is 7.11. The van der Waals surface area contributed by atoms with E-state index < -0.39 is 11.5 Å². The summed E-state index contributed by atoms with van der Waals surface area (Å²) < 4.78 is 0. The second-order valence-electron chi connectivity index (χ2n) is 4.32. The highest BCUT2D eigenvalue weighted by Gasteiger charge is 2.29. The fourth-order valence-electron chi connectivity index (χ4n) is 1.20. The molecule has 1 aromatic heterocycles.